The lowest BCUT2D eigenvalue weighted by atomic mass is 10.2. The first-order valence-electron chi connectivity index (χ1n) is 4.00. The smallest absolute Gasteiger partial charge is 0.278 e. The number of aromatic nitrogens is 2. The average Bonchev–Trinajstić information content (AvgIpc) is 2.64. The van der Waals surface area contributed by atoms with E-state index < -0.39 is 5.25 Å². The van der Waals surface area contributed by atoms with E-state index in [1.165, 1.54) is 24.6 Å². The van der Waals surface area contributed by atoms with Crippen molar-refractivity contribution in [2.75, 3.05) is 6.26 Å². The van der Waals surface area contributed by atoms with Crippen molar-refractivity contribution < 1.29 is 8.78 Å². The van der Waals surface area contributed by atoms with Crippen molar-refractivity contribution in [3.05, 3.63) is 30.0 Å². The Kier molecular flexibility index (Phi) is 2.19. The summed E-state index contributed by atoms with van der Waals surface area (Å²) in [6.07, 6.45) is 2.93. The van der Waals surface area contributed by atoms with Crippen LogP contribution in [-0.2, 0) is 5.25 Å². The lowest BCUT2D eigenvalue weighted by molar-refractivity contribution is 0.106. The highest BCUT2D eigenvalue weighted by molar-refractivity contribution is 7.99. The van der Waals surface area contributed by atoms with Crippen molar-refractivity contribution in [1.82, 2.24) is 10.2 Å². The molecule has 74 valence electrons. The number of hydrogen-bond acceptors (Lipinski definition) is 2. The van der Waals surface area contributed by atoms with Crippen LogP contribution in [0.2, 0.25) is 0 Å². The molecule has 1 heterocycles. The molecule has 0 atom stereocenters. The molecule has 1 aromatic carbocycles. The van der Waals surface area contributed by atoms with Crippen LogP contribution in [0.1, 0.15) is 5.56 Å². The molecule has 2 aromatic rings. The van der Waals surface area contributed by atoms with Crippen molar-refractivity contribution in [3.63, 3.8) is 0 Å². The number of aromatic amines is 1. The van der Waals surface area contributed by atoms with Gasteiger partial charge in [-0.15, -0.1) is 0 Å². The van der Waals surface area contributed by atoms with Gasteiger partial charge in [-0.2, -0.15) is 13.9 Å². The Morgan fingerprint density at radius 3 is 2.93 bits per heavy atom. The summed E-state index contributed by atoms with van der Waals surface area (Å²) < 4.78 is 26.5. The number of thioether (sulfide) groups is 1. The number of halogens is 2. The van der Waals surface area contributed by atoms with Crippen molar-refractivity contribution in [1.29, 1.82) is 0 Å². The van der Waals surface area contributed by atoms with Crippen LogP contribution in [0.25, 0.3) is 10.9 Å². The second kappa shape index (κ2) is 3.24. The molecule has 0 unspecified atom stereocenters. The number of nitrogens with one attached hydrogen (secondary N) is 1. The fourth-order valence-electron chi connectivity index (χ4n) is 1.24. The van der Waals surface area contributed by atoms with Gasteiger partial charge < -0.3 is 0 Å². The van der Waals surface area contributed by atoms with E-state index in [1.807, 2.05) is 0 Å². The Labute approximate surface area is 83.7 Å². The van der Waals surface area contributed by atoms with E-state index in [0.717, 1.165) is 5.52 Å². The summed E-state index contributed by atoms with van der Waals surface area (Å²) >= 11 is 0.527. The maximum absolute atomic E-state index is 13.3. The lowest BCUT2D eigenvalue weighted by Gasteiger charge is -2.12. The van der Waals surface area contributed by atoms with E-state index in [4.69, 9.17) is 0 Å². The normalized spacial score (nSPS) is 12.2. The Bertz CT molecular complexity index is 453. The number of benzene rings is 1. The van der Waals surface area contributed by atoms with Crippen LogP contribution in [0.4, 0.5) is 8.78 Å². The van der Waals surface area contributed by atoms with Crippen molar-refractivity contribution in [2.24, 2.45) is 0 Å². The molecule has 0 spiro atoms. The van der Waals surface area contributed by atoms with Gasteiger partial charge in [0.2, 0.25) is 0 Å². The van der Waals surface area contributed by atoms with Crippen LogP contribution in [0.5, 0.6) is 0 Å². The van der Waals surface area contributed by atoms with E-state index in [2.05, 4.69) is 10.2 Å². The van der Waals surface area contributed by atoms with E-state index >= 15 is 0 Å². The number of H-pyrrole nitrogens is 1. The third kappa shape index (κ3) is 1.48. The van der Waals surface area contributed by atoms with Gasteiger partial charge in [0.05, 0.1) is 11.7 Å². The van der Waals surface area contributed by atoms with Gasteiger partial charge in [-0.05, 0) is 24.5 Å². The summed E-state index contributed by atoms with van der Waals surface area (Å²) in [4.78, 5) is 0. The van der Waals surface area contributed by atoms with Crippen LogP contribution >= 0.6 is 11.8 Å². The molecule has 2 nitrogen and oxygen atoms in total. The largest absolute Gasteiger partial charge is 0.319 e. The van der Waals surface area contributed by atoms with Crippen molar-refractivity contribution in [3.8, 4) is 0 Å². The fourth-order valence-corrected chi connectivity index (χ4v) is 1.60. The van der Waals surface area contributed by atoms with Gasteiger partial charge in [0.15, 0.2) is 0 Å². The first-order chi connectivity index (χ1) is 6.63. The number of alkyl halides is 2. The van der Waals surface area contributed by atoms with Crippen LogP contribution in [-0.4, -0.2) is 16.5 Å². The third-order valence-electron chi connectivity index (χ3n) is 2.03. The van der Waals surface area contributed by atoms with E-state index in [0.29, 0.717) is 17.1 Å². The zero-order chi connectivity index (χ0) is 10.2. The minimum absolute atomic E-state index is 0.0129. The maximum atomic E-state index is 13.3. The molecule has 0 bridgehead atoms. The predicted octanol–water partition coefficient (Wildman–Crippen LogP) is 2.98. The molecule has 0 aliphatic rings. The molecule has 0 fully saturated rings. The molecule has 14 heavy (non-hydrogen) atoms. The number of hydrogen-bond donors (Lipinski definition) is 1. The monoisotopic (exact) mass is 214 g/mol. The van der Waals surface area contributed by atoms with Gasteiger partial charge in [0, 0.05) is 10.9 Å². The molecule has 1 N–H and O–H groups in total. The quantitative estimate of drug-likeness (QED) is 0.832. The van der Waals surface area contributed by atoms with E-state index in [-0.39, 0.29) is 5.56 Å². The maximum Gasteiger partial charge on any atom is 0.319 e. The van der Waals surface area contributed by atoms with Gasteiger partial charge in [-0.1, -0.05) is 11.8 Å². The molecule has 0 aliphatic carbocycles. The zero-order valence-electron chi connectivity index (χ0n) is 7.42. The Hall–Kier alpha value is -1.10. The summed E-state index contributed by atoms with van der Waals surface area (Å²) in [6.45, 7) is 0. The average molecular weight is 214 g/mol. The minimum atomic E-state index is -2.83. The highest BCUT2D eigenvalue weighted by Crippen LogP contribution is 2.38. The summed E-state index contributed by atoms with van der Waals surface area (Å²) in [7, 11) is 0. The summed E-state index contributed by atoms with van der Waals surface area (Å²) in [5.74, 6) is 0. The fraction of sp³-hybridized carbons (Fsp3) is 0.222. The van der Waals surface area contributed by atoms with E-state index in [9.17, 15) is 8.78 Å². The van der Waals surface area contributed by atoms with Gasteiger partial charge in [0.25, 0.3) is 0 Å². The van der Waals surface area contributed by atoms with Crippen LogP contribution in [0.15, 0.2) is 24.4 Å². The molecule has 2 rings (SSSR count). The van der Waals surface area contributed by atoms with Gasteiger partial charge in [-0.3, -0.25) is 5.10 Å². The number of nitrogens with zero attached hydrogens (tertiary/aromatic N) is 1. The van der Waals surface area contributed by atoms with E-state index in [1.54, 1.807) is 6.07 Å². The number of rotatable bonds is 2. The molecule has 5 heteroatoms. The van der Waals surface area contributed by atoms with Crippen LogP contribution < -0.4 is 0 Å². The number of fused-ring (bicyclic) bond motifs is 1. The highest BCUT2D eigenvalue weighted by atomic mass is 32.2. The summed E-state index contributed by atoms with van der Waals surface area (Å²) in [6, 6.07) is 4.48. The SMILES string of the molecule is CSC(F)(F)c1ccc2[nH]ncc2c1. The molecule has 0 radical (unpaired) electrons. The standard InChI is InChI=1S/C9H8F2N2S/c1-14-9(10,11)7-2-3-8-6(4-7)5-12-13-8/h2-5H,1H3,(H,12,13). The second-order valence-electron chi connectivity index (χ2n) is 2.89. The Morgan fingerprint density at radius 2 is 2.21 bits per heavy atom. The molecular formula is C9H8F2N2S. The second-order valence-corrected chi connectivity index (χ2v) is 3.81. The topological polar surface area (TPSA) is 28.7 Å². The Balaban J connectivity index is 2.53. The zero-order valence-corrected chi connectivity index (χ0v) is 8.24. The van der Waals surface area contributed by atoms with Crippen molar-refractivity contribution in [2.45, 2.75) is 5.25 Å². The Morgan fingerprint density at radius 1 is 1.43 bits per heavy atom. The molecule has 0 aliphatic heterocycles. The lowest BCUT2D eigenvalue weighted by Crippen LogP contribution is -2.06. The first-order valence-corrected chi connectivity index (χ1v) is 5.22. The molecule has 0 saturated heterocycles. The summed E-state index contributed by atoms with van der Waals surface area (Å²) in [5.41, 5.74) is 0.782. The highest BCUT2D eigenvalue weighted by Gasteiger charge is 2.30. The van der Waals surface area contributed by atoms with Crippen LogP contribution in [0.3, 0.4) is 0 Å². The first kappa shape index (κ1) is 9.45. The third-order valence-corrected chi connectivity index (χ3v) is 2.78. The molecular weight excluding hydrogens is 206 g/mol. The van der Waals surface area contributed by atoms with Crippen LogP contribution in [0, 0.1) is 0 Å². The molecule has 0 saturated carbocycles. The minimum Gasteiger partial charge on any atom is -0.278 e. The van der Waals surface area contributed by atoms with Gasteiger partial charge in [0.1, 0.15) is 0 Å². The summed E-state index contributed by atoms with van der Waals surface area (Å²) in [5, 5.41) is 4.37. The molecule has 0 amide bonds. The molecule has 1 aromatic heterocycles. The van der Waals surface area contributed by atoms with Gasteiger partial charge >= 0.3 is 5.25 Å². The van der Waals surface area contributed by atoms with Gasteiger partial charge in [-0.25, -0.2) is 0 Å². The van der Waals surface area contributed by atoms with Crippen molar-refractivity contribution >= 4 is 22.7 Å². The predicted molar refractivity (Wildman–Crippen MR) is 53.5 cm³/mol.